The monoisotopic (exact) mass is 261 g/mol. The zero-order chi connectivity index (χ0) is 13.5. The molecule has 0 heterocycles. The highest BCUT2D eigenvalue weighted by molar-refractivity contribution is 5.75. The SMILES string of the molecule is O=C(CCC1CCCC1)NCc1ccccc1CO. The van der Waals surface area contributed by atoms with Crippen LogP contribution in [0.3, 0.4) is 0 Å². The number of amides is 1. The minimum atomic E-state index is 0.0219. The van der Waals surface area contributed by atoms with Crippen molar-refractivity contribution in [3.8, 4) is 0 Å². The highest BCUT2D eigenvalue weighted by Crippen LogP contribution is 2.28. The molecule has 0 atom stereocenters. The minimum absolute atomic E-state index is 0.0219. The van der Waals surface area contributed by atoms with E-state index in [1.54, 1.807) is 0 Å². The van der Waals surface area contributed by atoms with Crippen LogP contribution >= 0.6 is 0 Å². The zero-order valence-electron chi connectivity index (χ0n) is 11.4. The Hall–Kier alpha value is -1.35. The molecular formula is C16H23NO2. The number of hydrogen-bond acceptors (Lipinski definition) is 2. The van der Waals surface area contributed by atoms with Gasteiger partial charge in [-0.25, -0.2) is 0 Å². The molecule has 0 bridgehead atoms. The van der Waals surface area contributed by atoms with Crippen LogP contribution in [0.15, 0.2) is 24.3 Å². The molecule has 0 spiro atoms. The molecule has 104 valence electrons. The van der Waals surface area contributed by atoms with Gasteiger partial charge in [0.1, 0.15) is 0 Å². The molecular weight excluding hydrogens is 238 g/mol. The number of aliphatic hydroxyl groups excluding tert-OH is 1. The van der Waals surface area contributed by atoms with E-state index in [-0.39, 0.29) is 12.5 Å². The minimum Gasteiger partial charge on any atom is -0.392 e. The van der Waals surface area contributed by atoms with Gasteiger partial charge < -0.3 is 10.4 Å². The van der Waals surface area contributed by atoms with Gasteiger partial charge in [-0.05, 0) is 23.5 Å². The summed E-state index contributed by atoms with van der Waals surface area (Å²) in [6.45, 7) is 0.536. The lowest BCUT2D eigenvalue weighted by atomic mass is 10.0. The highest BCUT2D eigenvalue weighted by atomic mass is 16.3. The van der Waals surface area contributed by atoms with Gasteiger partial charge in [0.2, 0.25) is 5.91 Å². The number of hydrogen-bond donors (Lipinski definition) is 2. The van der Waals surface area contributed by atoms with Gasteiger partial charge in [0, 0.05) is 13.0 Å². The third-order valence-corrected chi connectivity index (χ3v) is 4.02. The molecule has 3 nitrogen and oxygen atoms in total. The molecule has 1 aliphatic carbocycles. The van der Waals surface area contributed by atoms with Crippen LogP contribution in [0.1, 0.15) is 49.7 Å². The van der Waals surface area contributed by atoms with Crippen molar-refractivity contribution in [1.29, 1.82) is 0 Å². The molecule has 2 rings (SSSR count). The van der Waals surface area contributed by atoms with E-state index in [0.29, 0.717) is 13.0 Å². The fourth-order valence-corrected chi connectivity index (χ4v) is 2.80. The van der Waals surface area contributed by atoms with Gasteiger partial charge in [0.25, 0.3) is 0 Å². The third kappa shape index (κ3) is 4.35. The average Bonchev–Trinajstić information content (AvgIpc) is 2.96. The first-order chi connectivity index (χ1) is 9.29. The van der Waals surface area contributed by atoms with E-state index >= 15 is 0 Å². The molecule has 0 radical (unpaired) electrons. The van der Waals surface area contributed by atoms with Gasteiger partial charge in [0.15, 0.2) is 0 Å². The molecule has 1 aliphatic rings. The average molecular weight is 261 g/mol. The van der Waals surface area contributed by atoms with E-state index in [1.165, 1.54) is 25.7 Å². The van der Waals surface area contributed by atoms with Crippen LogP contribution in [0.25, 0.3) is 0 Å². The first kappa shape index (κ1) is 14.1. The maximum Gasteiger partial charge on any atom is 0.220 e. The second kappa shape index (κ2) is 7.29. The van der Waals surface area contributed by atoms with Crippen molar-refractivity contribution >= 4 is 5.91 Å². The van der Waals surface area contributed by atoms with Crippen molar-refractivity contribution < 1.29 is 9.90 Å². The zero-order valence-corrected chi connectivity index (χ0v) is 11.4. The molecule has 19 heavy (non-hydrogen) atoms. The number of benzene rings is 1. The lowest BCUT2D eigenvalue weighted by Gasteiger charge is -2.11. The van der Waals surface area contributed by atoms with Crippen molar-refractivity contribution in [1.82, 2.24) is 5.32 Å². The lowest BCUT2D eigenvalue weighted by molar-refractivity contribution is -0.121. The topological polar surface area (TPSA) is 49.3 Å². The van der Waals surface area contributed by atoms with E-state index in [0.717, 1.165) is 23.5 Å². The van der Waals surface area contributed by atoms with Gasteiger partial charge in [-0.15, -0.1) is 0 Å². The predicted molar refractivity (Wildman–Crippen MR) is 75.4 cm³/mol. The first-order valence-corrected chi connectivity index (χ1v) is 7.24. The molecule has 3 heteroatoms. The van der Waals surface area contributed by atoms with Gasteiger partial charge in [-0.3, -0.25) is 4.79 Å². The maximum absolute atomic E-state index is 11.8. The van der Waals surface area contributed by atoms with Crippen LogP contribution in [0.5, 0.6) is 0 Å². The van der Waals surface area contributed by atoms with E-state index in [2.05, 4.69) is 5.32 Å². The van der Waals surface area contributed by atoms with E-state index in [9.17, 15) is 9.90 Å². The molecule has 0 saturated heterocycles. The Kier molecular flexibility index (Phi) is 5.40. The van der Waals surface area contributed by atoms with Gasteiger partial charge in [-0.1, -0.05) is 49.9 Å². The molecule has 0 unspecified atom stereocenters. The predicted octanol–water partition coefficient (Wildman–Crippen LogP) is 2.77. The Bertz CT molecular complexity index is 411. The smallest absolute Gasteiger partial charge is 0.220 e. The summed E-state index contributed by atoms with van der Waals surface area (Å²) in [5.41, 5.74) is 1.89. The van der Waals surface area contributed by atoms with E-state index in [4.69, 9.17) is 0 Å². The Morgan fingerprint density at radius 1 is 1.21 bits per heavy atom. The van der Waals surface area contributed by atoms with E-state index in [1.807, 2.05) is 24.3 Å². The fraction of sp³-hybridized carbons (Fsp3) is 0.562. The van der Waals surface area contributed by atoms with E-state index < -0.39 is 0 Å². The quantitative estimate of drug-likeness (QED) is 0.827. The van der Waals surface area contributed by atoms with Crippen LogP contribution in [0.4, 0.5) is 0 Å². The molecule has 0 aromatic heterocycles. The van der Waals surface area contributed by atoms with Crippen molar-refractivity contribution in [2.75, 3.05) is 0 Å². The number of carbonyl (C=O) groups excluding carboxylic acids is 1. The summed E-state index contributed by atoms with van der Waals surface area (Å²) >= 11 is 0. The standard InChI is InChI=1S/C16H23NO2/c18-12-15-8-4-3-7-14(15)11-17-16(19)10-9-13-5-1-2-6-13/h3-4,7-8,13,18H,1-2,5-6,9-12H2,(H,17,19). The number of nitrogens with one attached hydrogen (secondary N) is 1. The van der Waals surface area contributed by atoms with Crippen molar-refractivity contribution in [2.45, 2.75) is 51.7 Å². The molecule has 1 aromatic rings. The summed E-state index contributed by atoms with van der Waals surface area (Å²) in [6, 6.07) is 7.67. The maximum atomic E-state index is 11.8. The van der Waals surface area contributed by atoms with Crippen LogP contribution in [-0.2, 0) is 17.9 Å². The second-order valence-corrected chi connectivity index (χ2v) is 5.39. The summed E-state index contributed by atoms with van der Waals surface area (Å²) in [6.07, 6.45) is 6.90. The Labute approximate surface area is 115 Å². The third-order valence-electron chi connectivity index (χ3n) is 4.02. The number of carbonyl (C=O) groups is 1. The lowest BCUT2D eigenvalue weighted by Crippen LogP contribution is -2.23. The van der Waals surface area contributed by atoms with Gasteiger partial charge >= 0.3 is 0 Å². The largest absolute Gasteiger partial charge is 0.392 e. The summed E-state index contributed by atoms with van der Waals surface area (Å²) in [4.78, 5) is 11.8. The van der Waals surface area contributed by atoms with Crippen molar-refractivity contribution in [3.05, 3.63) is 35.4 Å². The summed E-state index contributed by atoms with van der Waals surface area (Å²) < 4.78 is 0. The highest BCUT2D eigenvalue weighted by Gasteiger charge is 2.16. The summed E-state index contributed by atoms with van der Waals surface area (Å²) in [7, 11) is 0. The van der Waals surface area contributed by atoms with Crippen LogP contribution < -0.4 is 5.32 Å². The molecule has 1 fully saturated rings. The van der Waals surface area contributed by atoms with Gasteiger partial charge in [-0.2, -0.15) is 0 Å². The molecule has 0 aliphatic heterocycles. The Balaban J connectivity index is 1.73. The van der Waals surface area contributed by atoms with Crippen molar-refractivity contribution in [3.63, 3.8) is 0 Å². The Morgan fingerprint density at radius 2 is 1.89 bits per heavy atom. The molecule has 2 N–H and O–H groups in total. The summed E-state index contributed by atoms with van der Waals surface area (Å²) in [5, 5.41) is 12.2. The summed E-state index contributed by atoms with van der Waals surface area (Å²) in [5.74, 6) is 0.884. The fourth-order valence-electron chi connectivity index (χ4n) is 2.80. The first-order valence-electron chi connectivity index (χ1n) is 7.24. The molecule has 1 aromatic carbocycles. The number of rotatable bonds is 6. The van der Waals surface area contributed by atoms with Crippen LogP contribution in [0, 0.1) is 5.92 Å². The Morgan fingerprint density at radius 3 is 2.58 bits per heavy atom. The normalized spacial score (nSPS) is 15.6. The van der Waals surface area contributed by atoms with Crippen LogP contribution in [0.2, 0.25) is 0 Å². The number of aliphatic hydroxyl groups is 1. The molecule has 1 amide bonds. The molecule has 1 saturated carbocycles. The van der Waals surface area contributed by atoms with Crippen LogP contribution in [-0.4, -0.2) is 11.0 Å². The van der Waals surface area contributed by atoms with Gasteiger partial charge in [0.05, 0.1) is 6.61 Å². The van der Waals surface area contributed by atoms with Crippen molar-refractivity contribution in [2.24, 2.45) is 5.92 Å². The second-order valence-electron chi connectivity index (χ2n) is 5.39.